The Bertz CT molecular complexity index is 525. The van der Waals surface area contributed by atoms with Crippen LogP contribution in [0.5, 0.6) is 0 Å². The van der Waals surface area contributed by atoms with Gasteiger partial charge in [0.15, 0.2) is 0 Å². The molecule has 2 nitrogen and oxygen atoms in total. The van der Waals surface area contributed by atoms with Crippen molar-refractivity contribution in [2.75, 3.05) is 0 Å². The molecule has 0 fully saturated rings. The average molecular weight is 301 g/mol. The van der Waals surface area contributed by atoms with Crippen LogP contribution < -0.4 is 5.32 Å². The molecule has 1 heterocycles. The lowest BCUT2D eigenvalue weighted by Crippen LogP contribution is -2.12. The summed E-state index contributed by atoms with van der Waals surface area (Å²) in [5, 5.41) is 5.65. The molecule has 0 bridgehead atoms. The highest BCUT2D eigenvalue weighted by Gasteiger charge is 2.04. The van der Waals surface area contributed by atoms with Crippen LogP contribution in [0, 0.1) is 0 Å². The van der Waals surface area contributed by atoms with Crippen molar-refractivity contribution < 1.29 is 0 Å². The van der Waals surface area contributed by atoms with Gasteiger partial charge < -0.3 is 5.32 Å². The van der Waals surface area contributed by atoms with Crippen molar-refractivity contribution in [1.82, 2.24) is 10.3 Å². The third-order valence-corrected chi connectivity index (χ3v) is 4.57. The van der Waals surface area contributed by atoms with Crippen molar-refractivity contribution in [2.45, 2.75) is 26.4 Å². The highest BCUT2D eigenvalue weighted by molar-refractivity contribution is 7.11. The monoisotopic (exact) mass is 300 g/mol. The van der Waals surface area contributed by atoms with Crippen LogP contribution >= 0.6 is 34.5 Å². The van der Waals surface area contributed by atoms with Crippen molar-refractivity contribution in [2.24, 2.45) is 0 Å². The first-order valence-electron chi connectivity index (χ1n) is 5.78. The minimum Gasteiger partial charge on any atom is -0.306 e. The molecule has 2 rings (SSSR count). The number of hydrogen-bond acceptors (Lipinski definition) is 3. The largest absolute Gasteiger partial charge is 0.306 e. The molecule has 0 spiro atoms. The first-order valence-corrected chi connectivity index (χ1v) is 7.35. The molecule has 1 N–H and O–H groups in total. The van der Waals surface area contributed by atoms with E-state index in [-0.39, 0.29) is 0 Å². The van der Waals surface area contributed by atoms with E-state index in [1.807, 2.05) is 18.3 Å². The molecule has 96 valence electrons. The van der Waals surface area contributed by atoms with Crippen molar-refractivity contribution in [3.63, 3.8) is 0 Å². The summed E-state index contributed by atoms with van der Waals surface area (Å²) in [7, 11) is 0. The third kappa shape index (κ3) is 3.45. The van der Waals surface area contributed by atoms with Crippen LogP contribution in [0.15, 0.2) is 24.4 Å². The van der Waals surface area contributed by atoms with Gasteiger partial charge in [0.1, 0.15) is 5.01 Å². The summed E-state index contributed by atoms with van der Waals surface area (Å²) < 4.78 is 0. The van der Waals surface area contributed by atoms with Gasteiger partial charge in [-0.3, -0.25) is 0 Å². The maximum atomic E-state index is 6.12. The van der Waals surface area contributed by atoms with E-state index in [2.05, 4.69) is 17.2 Å². The van der Waals surface area contributed by atoms with E-state index in [9.17, 15) is 0 Å². The Labute approximate surface area is 121 Å². The number of hydrogen-bond donors (Lipinski definition) is 1. The molecule has 0 amide bonds. The van der Waals surface area contributed by atoms with Gasteiger partial charge in [0.2, 0.25) is 0 Å². The van der Waals surface area contributed by atoms with Crippen LogP contribution in [-0.2, 0) is 19.5 Å². The van der Waals surface area contributed by atoms with Crippen molar-refractivity contribution in [1.29, 1.82) is 0 Å². The number of rotatable bonds is 5. The SMILES string of the molecule is CCc1cnc(CNCc2cccc(Cl)c2Cl)s1. The fourth-order valence-electron chi connectivity index (χ4n) is 1.58. The van der Waals surface area contributed by atoms with E-state index >= 15 is 0 Å². The van der Waals surface area contributed by atoms with Gasteiger partial charge in [-0.05, 0) is 18.1 Å². The number of nitrogens with zero attached hydrogens (tertiary/aromatic N) is 1. The number of halogens is 2. The molecule has 0 atom stereocenters. The molecule has 1 aromatic heterocycles. The number of nitrogens with one attached hydrogen (secondary N) is 1. The average Bonchev–Trinajstić information content (AvgIpc) is 2.82. The second-order valence-corrected chi connectivity index (χ2v) is 5.88. The maximum absolute atomic E-state index is 6.12. The van der Waals surface area contributed by atoms with Gasteiger partial charge in [-0.2, -0.15) is 0 Å². The minimum atomic E-state index is 0.596. The minimum absolute atomic E-state index is 0.596. The fourth-order valence-corrected chi connectivity index (χ4v) is 2.80. The summed E-state index contributed by atoms with van der Waals surface area (Å²) in [5.74, 6) is 0. The van der Waals surface area contributed by atoms with Gasteiger partial charge in [-0.1, -0.05) is 42.3 Å². The second-order valence-electron chi connectivity index (χ2n) is 3.89. The standard InChI is InChI=1S/C13H14Cl2N2S/c1-2-10-7-17-12(18-10)8-16-6-9-4-3-5-11(14)13(9)15/h3-5,7,16H,2,6,8H2,1H3. The van der Waals surface area contributed by atoms with E-state index < -0.39 is 0 Å². The number of benzene rings is 1. The smallest absolute Gasteiger partial charge is 0.107 e. The molecular weight excluding hydrogens is 287 g/mol. The Hall–Kier alpha value is -0.610. The highest BCUT2D eigenvalue weighted by atomic mass is 35.5. The Morgan fingerprint density at radius 2 is 2.11 bits per heavy atom. The molecule has 18 heavy (non-hydrogen) atoms. The quantitative estimate of drug-likeness (QED) is 0.890. The van der Waals surface area contributed by atoms with Gasteiger partial charge in [-0.25, -0.2) is 4.98 Å². The van der Waals surface area contributed by atoms with Crippen LogP contribution in [0.2, 0.25) is 10.0 Å². The Morgan fingerprint density at radius 1 is 1.28 bits per heavy atom. The zero-order valence-corrected chi connectivity index (χ0v) is 12.4. The number of aromatic nitrogens is 1. The van der Waals surface area contributed by atoms with Crippen LogP contribution in [0.4, 0.5) is 0 Å². The van der Waals surface area contributed by atoms with Crippen LogP contribution in [0.1, 0.15) is 22.4 Å². The summed E-state index contributed by atoms with van der Waals surface area (Å²) in [5.41, 5.74) is 1.01. The second kappa shape index (κ2) is 6.53. The van der Waals surface area contributed by atoms with Gasteiger partial charge in [0.25, 0.3) is 0 Å². The van der Waals surface area contributed by atoms with Crippen LogP contribution in [0.3, 0.4) is 0 Å². The molecule has 1 aromatic carbocycles. The topological polar surface area (TPSA) is 24.9 Å². The van der Waals surface area contributed by atoms with Gasteiger partial charge in [0.05, 0.1) is 10.0 Å². The van der Waals surface area contributed by atoms with Crippen LogP contribution in [-0.4, -0.2) is 4.98 Å². The zero-order chi connectivity index (χ0) is 13.0. The normalized spacial score (nSPS) is 10.8. The molecule has 0 aliphatic heterocycles. The molecule has 2 aromatic rings. The van der Waals surface area contributed by atoms with Gasteiger partial charge in [-0.15, -0.1) is 11.3 Å². The van der Waals surface area contributed by atoms with E-state index in [0.717, 1.165) is 23.5 Å². The zero-order valence-electron chi connectivity index (χ0n) is 10.0. The summed E-state index contributed by atoms with van der Waals surface area (Å²) in [6.45, 7) is 3.59. The predicted octanol–water partition coefficient (Wildman–Crippen LogP) is 4.30. The molecule has 5 heteroatoms. The lowest BCUT2D eigenvalue weighted by Gasteiger charge is -2.06. The Morgan fingerprint density at radius 3 is 2.83 bits per heavy atom. The first kappa shape index (κ1) is 13.8. The van der Waals surface area contributed by atoms with E-state index in [1.54, 1.807) is 17.4 Å². The van der Waals surface area contributed by atoms with Gasteiger partial charge >= 0.3 is 0 Å². The third-order valence-electron chi connectivity index (χ3n) is 2.57. The predicted molar refractivity (Wildman–Crippen MR) is 78.5 cm³/mol. The number of thiazole rings is 1. The molecule has 0 saturated carbocycles. The first-order chi connectivity index (χ1) is 8.70. The lowest BCUT2D eigenvalue weighted by atomic mass is 10.2. The molecule has 0 unspecified atom stereocenters. The molecular formula is C13H14Cl2N2S. The van der Waals surface area contributed by atoms with Crippen molar-refractivity contribution >= 4 is 34.5 Å². The Kier molecular flexibility index (Phi) is 5.01. The van der Waals surface area contributed by atoms with E-state index in [4.69, 9.17) is 23.2 Å². The summed E-state index contributed by atoms with van der Waals surface area (Å²) in [6.07, 6.45) is 2.98. The van der Waals surface area contributed by atoms with E-state index in [1.165, 1.54) is 4.88 Å². The molecule has 0 aliphatic carbocycles. The van der Waals surface area contributed by atoms with Crippen molar-refractivity contribution in [3.8, 4) is 0 Å². The van der Waals surface area contributed by atoms with Crippen molar-refractivity contribution in [3.05, 3.63) is 49.9 Å². The fraction of sp³-hybridized carbons (Fsp3) is 0.308. The highest BCUT2D eigenvalue weighted by Crippen LogP contribution is 2.25. The maximum Gasteiger partial charge on any atom is 0.107 e. The number of aryl methyl sites for hydroxylation is 1. The summed E-state index contributed by atoms with van der Waals surface area (Å²) in [6, 6.07) is 5.67. The van der Waals surface area contributed by atoms with Gasteiger partial charge in [0, 0.05) is 24.2 Å². The molecule has 0 saturated heterocycles. The molecule has 0 radical (unpaired) electrons. The summed E-state index contributed by atoms with van der Waals surface area (Å²) in [4.78, 5) is 5.67. The lowest BCUT2D eigenvalue weighted by molar-refractivity contribution is 0.690. The Balaban J connectivity index is 1.90. The van der Waals surface area contributed by atoms with E-state index in [0.29, 0.717) is 16.6 Å². The van der Waals surface area contributed by atoms with Crippen LogP contribution in [0.25, 0.3) is 0 Å². The molecule has 0 aliphatic rings. The summed E-state index contributed by atoms with van der Waals surface area (Å²) >= 11 is 13.8.